The lowest BCUT2D eigenvalue weighted by Crippen LogP contribution is -2.37. The van der Waals surface area contributed by atoms with E-state index in [4.69, 9.17) is 14.2 Å². The first-order valence-corrected chi connectivity index (χ1v) is 8.71. The van der Waals surface area contributed by atoms with Crippen molar-refractivity contribution in [3.63, 3.8) is 0 Å². The van der Waals surface area contributed by atoms with Crippen LogP contribution in [0.4, 0.5) is 0 Å². The normalized spacial score (nSPS) is 15.0. The van der Waals surface area contributed by atoms with Gasteiger partial charge in [0, 0.05) is 30.7 Å². The predicted octanol–water partition coefficient (Wildman–Crippen LogP) is 0.827. The van der Waals surface area contributed by atoms with Crippen LogP contribution in [-0.4, -0.2) is 50.7 Å². The molecule has 1 aromatic rings. The number of benzene rings is 1. The maximum Gasteiger partial charge on any atom is 0.331 e. The fourth-order valence-corrected chi connectivity index (χ4v) is 2.53. The van der Waals surface area contributed by atoms with Crippen LogP contribution in [0.5, 0.6) is 11.5 Å². The quantitative estimate of drug-likeness (QED) is 0.515. The lowest BCUT2D eigenvalue weighted by Gasteiger charge is -2.10. The minimum Gasteiger partial charge on any atom is -0.493 e. The monoisotopic (exact) mass is 376 g/mol. The van der Waals surface area contributed by atoms with Crippen LogP contribution in [0.1, 0.15) is 25.0 Å². The Bertz CT molecular complexity index is 744. The van der Waals surface area contributed by atoms with E-state index in [0.717, 1.165) is 17.7 Å². The average molecular weight is 376 g/mol. The number of carbonyl (C=O) groups excluding carboxylic acids is 3. The number of amides is 2. The number of ether oxygens (including phenoxy) is 3. The average Bonchev–Trinajstić information content (AvgIpc) is 3.01. The predicted molar refractivity (Wildman–Crippen MR) is 98.5 cm³/mol. The van der Waals surface area contributed by atoms with Gasteiger partial charge in [-0.1, -0.05) is 0 Å². The van der Waals surface area contributed by atoms with E-state index >= 15 is 0 Å². The fraction of sp³-hybridized carbons (Fsp3) is 0.421. The minimum absolute atomic E-state index is 0.104. The van der Waals surface area contributed by atoms with Gasteiger partial charge < -0.3 is 24.8 Å². The Morgan fingerprint density at radius 1 is 1.30 bits per heavy atom. The molecule has 0 spiro atoms. The van der Waals surface area contributed by atoms with Gasteiger partial charge in [-0.05, 0) is 32.1 Å². The fourth-order valence-electron chi connectivity index (χ4n) is 2.53. The maximum absolute atomic E-state index is 11.8. The second kappa shape index (κ2) is 9.61. The van der Waals surface area contributed by atoms with E-state index in [9.17, 15) is 14.4 Å². The summed E-state index contributed by atoms with van der Waals surface area (Å²) < 4.78 is 16.2. The second-order valence-corrected chi connectivity index (χ2v) is 5.95. The first kappa shape index (κ1) is 20.3. The summed E-state index contributed by atoms with van der Waals surface area (Å²) in [5.41, 5.74) is 1.75. The van der Waals surface area contributed by atoms with Crippen LogP contribution in [0.25, 0.3) is 6.08 Å². The number of esters is 1. The molecule has 146 valence electrons. The molecule has 0 aromatic heterocycles. The number of likely N-dealkylation sites (N-methyl/N-ethyl adjacent to an activating group) is 1. The largest absolute Gasteiger partial charge is 0.493 e. The summed E-state index contributed by atoms with van der Waals surface area (Å²) in [5, 5.41) is 4.70. The first-order chi connectivity index (χ1) is 12.9. The van der Waals surface area contributed by atoms with Crippen LogP contribution in [0.3, 0.4) is 0 Å². The van der Waals surface area contributed by atoms with Gasteiger partial charge in [-0.2, -0.15) is 0 Å². The highest BCUT2D eigenvalue weighted by Crippen LogP contribution is 2.35. The summed E-state index contributed by atoms with van der Waals surface area (Å²) in [6, 6.07) is 3.74. The summed E-state index contributed by atoms with van der Waals surface area (Å²) >= 11 is 0. The Morgan fingerprint density at radius 3 is 2.78 bits per heavy atom. The summed E-state index contributed by atoms with van der Waals surface area (Å²) in [6.07, 6.45) is 3.69. The molecule has 8 nitrogen and oxygen atoms in total. The zero-order valence-electron chi connectivity index (χ0n) is 15.7. The molecule has 1 heterocycles. The van der Waals surface area contributed by atoms with Crippen molar-refractivity contribution in [2.45, 2.75) is 26.4 Å². The van der Waals surface area contributed by atoms with Gasteiger partial charge >= 0.3 is 5.97 Å². The SMILES string of the molecule is CCOc1cc2c(cc1/C=C/C(=O)OCC(=O)NCC(=O)NC)O[C@@H](C)C2. The lowest BCUT2D eigenvalue weighted by atomic mass is 10.1. The molecular weight excluding hydrogens is 352 g/mol. The molecule has 1 atom stereocenters. The maximum atomic E-state index is 11.8. The zero-order chi connectivity index (χ0) is 19.8. The van der Waals surface area contributed by atoms with Gasteiger partial charge in [-0.15, -0.1) is 0 Å². The van der Waals surface area contributed by atoms with E-state index in [2.05, 4.69) is 10.6 Å². The van der Waals surface area contributed by atoms with Gasteiger partial charge in [0.1, 0.15) is 17.6 Å². The van der Waals surface area contributed by atoms with E-state index < -0.39 is 18.5 Å². The molecule has 27 heavy (non-hydrogen) atoms. The van der Waals surface area contributed by atoms with Crippen LogP contribution in [0.2, 0.25) is 0 Å². The van der Waals surface area contributed by atoms with Crippen molar-refractivity contribution in [3.8, 4) is 11.5 Å². The number of fused-ring (bicyclic) bond motifs is 1. The Hall–Kier alpha value is -3.03. The molecule has 8 heteroatoms. The molecule has 2 amide bonds. The van der Waals surface area contributed by atoms with Crippen molar-refractivity contribution in [1.29, 1.82) is 0 Å². The molecule has 1 aromatic carbocycles. The van der Waals surface area contributed by atoms with Gasteiger partial charge in [0.25, 0.3) is 5.91 Å². The molecule has 2 N–H and O–H groups in total. The zero-order valence-corrected chi connectivity index (χ0v) is 15.7. The van der Waals surface area contributed by atoms with Crippen molar-refractivity contribution in [3.05, 3.63) is 29.3 Å². The molecule has 0 unspecified atom stereocenters. The second-order valence-electron chi connectivity index (χ2n) is 5.95. The Kier molecular flexibility index (Phi) is 7.22. The number of hydrogen-bond acceptors (Lipinski definition) is 6. The summed E-state index contributed by atoms with van der Waals surface area (Å²) in [7, 11) is 1.46. The highest BCUT2D eigenvalue weighted by molar-refractivity contribution is 5.90. The van der Waals surface area contributed by atoms with Crippen LogP contribution < -0.4 is 20.1 Å². The molecule has 0 fully saturated rings. The summed E-state index contributed by atoms with van der Waals surface area (Å²) in [4.78, 5) is 34.4. The van der Waals surface area contributed by atoms with E-state index in [0.29, 0.717) is 17.9 Å². The number of nitrogens with one attached hydrogen (secondary N) is 2. The molecule has 1 aliphatic rings. The van der Waals surface area contributed by atoms with Gasteiger partial charge in [0.2, 0.25) is 5.91 Å². The molecule has 0 bridgehead atoms. The van der Waals surface area contributed by atoms with Crippen molar-refractivity contribution in [1.82, 2.24) is 10.6 Å². The summed E-state index contributed by atoms with van der Waals surface area (Å²) in [6.45, 7) is 3.72. The number of hydrogen-bond donors (Lipinski definition) is 2. The Morgan fingerprint density at radius 2 is 2.07 bits per heavy atom. The number of carbonyl (C=O) groups is 3. The molecule has 2 rings (SSSR count). The molecule has 0 saturated carbocycles. The molecule has 0 aliphatic carbocycles. The third kappa shape index (κ3) is 6.02. The molecule has 0 saturated heterocycles. The standard InChI is InChI=1S/C19H24N2O6/c1-4-25-15-9-14-7-12(2)27-16(14)8-13(15)5-6-19(24)26-11-18(23)21-10-17(22)20-3/h5-6,8-9,12H,4,7,10-11H2,1-3H3,(H,20,22)(H,21,23)/b6-5+/t12-/m0/s1. The van der Waals surface area contributed by atoms with Crippen LogP contribution in [0, 0.1) is 0 Å². The van der Waals surface area contributed by atoms with Crippen molar-refractivity contribution < 1.29 is 28.6 Å². The third-order valence-corrected chi connectivity index (χ3v) is 3.80. The third-order valence-electron chi connectivity index (χ3n) is 3.80. The Labute approximate surface area is 157 Å². The van der Waals surface area contributed by atoms with Gasteiger partial charge in [-0.25, -0.2) is 4.79 Å². The van der Waals surface area contributed by atoms with Crippen LogP contribution in [-0.2, 0) is 25.5 Å². The molecule has 0 radical (unpaired) electrons. The van der Waals surface area contributed by atoms with E-state index in [1.165, 1.54) is 13.1 Å². The van der Waals surface area contributed by atoms with Crippen LogP contribution in [0.15, 0.2) is 18.2 Å². The van der Waals surface area contributed by atoms with E-state index in [-0.39, 0.29) is 18.6 Å². The molecule has 1 aliphatic heterocycles. The highest BCUT2D eigenvalue weighted by atomic mass is 16.5. The molecular formula is C19H24N2O6. The summed E-state index contributed by atoms with van der Waals surface area (Å²) in [5.74, 6) is -0.155. The van der Waals surface area contributed by atoms with E-state index in [1.807, 2.05) is 26.0 Å². The highest BCUT2D eigenvalue weighted by Gasteiger charge is 2.21. The van der Waals surface area contributed by atoms with Gasteiger partial charge in [-0.3, -0.25) is 9.59 Å². The lowest BCUT2D eigenvalue weighted by molar-refractivity contribution is -0.143. The van der Waals surface area contributed by atoms with Gasteiger partial charge in [0.15, 0.2) is 6.61 Å². The van der Waals surface area contributed by atoms with E-state index in [1.54, 1.807) is 6.08 Å². The number of rotatable bonds is 8. The smallest absolute Gasteiger partial charge is 0.331 e. The minimum atomic E-state index is -0.678. The van der Waals surface area contributed by atoms with Crippen molar-refractivity contribution in [2.24, 2.45) is 0 Å². The first-order valence-electron chi connectivity index (χ1n) is 8.71. The van der Waals surface area contributed by atoms with Crippen molar-refractivity contribution in [2.75, 3.05) is 26.8 Å². The van der Waals surface area contributed by atoms with Crippen LogP contribution >= 0.6 is 0 Å². The Balaban J connectivity index is 1.94. The van der Waals surface area contributed by atoms with Crippen molar-refractivity contribution >= 4 is 23.9 Å². The van der Waals surface area contributed by atoms with Gasteiger partial charge in [0.05, 0.1) is 13.2 Å². The topological polar surface area (TPSA) is 103 Å².